The number of hydrogen-bond acceptors (Lipinski definition) is 4. The molecule has 0 aliphatic carbocycles. The molecule has 1 N–H and O–H groups in total. The number of benzene rings is 1. The van der Waals surface area contributed by atoms with Crippen LogP contribution < -0.4 is 14.8 Å². The van der Waals surface area contributed by atoms with Crippen LogP contribution >= 0.6 is 22.9 Å². The SMILES string of the molecule is CNC(c1cccc2c1OCCO2)c1sccc1Cl. The van der Waals surface area contributed by atoms with Crippen molar-refractivity contribution in [3.05, 3.63) is 45.1 Å². The Kier molecular flexibility index (Phi) is 3.64. The lowest BCUT2D eigenvalue weighted by Gasteiger charge is -2.24. The number of nitrogens with one attached hydrogen (secondary N) is 1. The van der Waals surface area contributed by atoms with Gasteiger partial charge in [0.25, 0.3) is 0 Å². The van der Waals surface area contributed by atoms with Crippen LogP contribution in [0.15, 0.2) is 29.6 Å². The van der Waals surface area contributed by atoms with E-state index in [-0.39, 0.29) is 6.04 Å². The van der Waals surface area contributed by atoms with Crippen molar-refractivity contribution < 1.29 is 9.47 Å². The molecule has 3 rings (SSSR count). The minimum Gasteiger partial charge on any atom is -0.486 e. The summed E-state index contributed by atoms with van der Waals surface area (Å²) in [6.45, 7) is 1.18. The van der Waals surface area contributed by atoms with Gasteiger partial charge in [0.05, 0.1) is 11.1 Å². The molecular weight excluding hydrogens is 282 g/mol. The van der Waals surface area contributed by atoms with Crippen LogP contribution in [0.1, 0.15) is 16.5 Å². The van der Waals surface area contributed by atoms with E-state index in [0.717, 1.165) is 27.0 Å². The molecule has 3 nitrogen and oxygen atoms in total. The van der Waals surface area contributed by atoms with Gasteiger partial charge in [-0.2, -0.15) is 0 Å². The van der Waals surface area contributed by atoms with Gasteiger partial charge in [0, 0.05) is 10.4 Å². The summed E-state index contributed by atoms with van der Waals surface area (Å²) < 4.78 is 11.4. The minimum atomic E-state index is 0.0177. The average Bonchev–Trinajstić information content (AvgIpc) is 2.86. The van der Waals surface area contributed by atoms with Crippen molar-refractivity contribution in [2.24, 2.45) is 0 Å². The first-order valence-corrected chi connectivity index (χ1v) is 7.35. The highest BCUT2D eigenvalue weighted by Gasteiger charge is 2.24. The van der Waals surface area contributed by atoms with E-state index in [0.29, 0.717) is 13.2 Å². The number of fused-ring (bicyclic) bond motifs is 1. The van der Waals surface area contributed by atoms with Crippen molar-refractivity contribution in [1.82, 2.24) is 5.32 Å². The molecule has 2 heterocycles. The van der Waals surface area contributed by atoms with Gasteiger partial charge in [-0.15, -0.1) is 11.3 Å². The highest BCUT2D eigenvalue weighted by molar-refractivity contribution is 7.10. The Labute approximate surface area is 121 Å². The van der Waals surface area contributed by atoms with Gasteiger partial charge in [-0.1, -0.05) is 23.7 Å². The summed E-state index contributed by atoms with van der Waals surface area (Å²) in [6.07, 6.45) is 0. The Bertz CT molecular complexity index is 585. The molecule has 0 fully saturated rings. The molecule has 0 amide bonds. The number of rotatable bonds is 3. The van der Waals surface area contributed by atoms with Crippen molar-refractivity contribution in [3.8, 4) is 11.5 Å². The van der Waals surface area contributed by atoms with Crippen LogP contribution in [0.5, 0.6) is 11.5 Å². The number of thiophene rings is 1. The van der Waals surface area contributed by atoms with Gasteiger partial charge in [-0.25, -0.2) is 0 Å². The first-order chi connectivity index (χ1) is 9.31. The second-order valence-electron chi connectivity index (χ2n) is 4.23. The monoisotopic (exact) mass is 295 g/mol. The Balaban J connectivity index is 2.07. The van der Waals surface area contributed by atoms with Crippen LogP contribution in [-0.4, -0.2) is 20.3 Å². The summed E-state index contributed by atoms with van der Waals surface area (Å²) in [5, 5.41) is 6.07. The van der Waals surface area contributed by atoms with Crippen LogP contribution in [0.4, 0.5) is 0 Å². The molecule has 0 spiro atoms. The van der Waals surface area contributed by atoms with E-state index in [2.05, 4.69) is 5.32 Å². The second kappa shape index (κ2) is 5.41. The molecule has 1 unspecified atom stereocenters. The summed E-state index contributed by atoms with van der Waals surface area (Å²) in [7, 11) is 1.92. The third-order valence-electron chi connectivity index (χ3n) is 3.10. The van der Waals surface area contributed by atoms with E-state index in [9.17, 15) is 0 Å². The highest BCUT2D eigenvalue weighted by atomic mass is 35.5. The maximum atomic E-state index is 6.24. The molecule has 100 valence electrons. The molecule has 0 radical (unpaired) electrons. The average molecular weight is 296 g/mol. The van der Waals surface area contributed by atoms with Crippen molar-refractivity contribution in [2.45, 2.75) is 6.04 Å². The summed E-state index contributed by atoms with van der Waals surface area (Å²) in [4.78, 5) is 1.09. The molecule has 0 saturated carbocycles. The van der Waals surface area contributed by atoms with Gasteiger partial charge in [0.1, 0.15) is 13.2 Å². The number of halogens is 1. The standard InChI is InChI=1S/C14H14ClNO2S/c1-16-12(14-10(15)5-8-19-14)9-3-2-4-11-13(9)18-7-6-17-11/h2-5,8,12,16H,6-7H2,1H3. The largest absolute Gasteiger partial charge is 0.486 e. The first-order valence-electron chi connectivity index (χ1n) is 6.10. The topological polar surface area (TPSA) is 30.5 Å². The lowest BCUT2D eigenvalue weighted by molar-refractivity contribution is 0.169. The zero-order chi connectivity index (χ0) is 13.2. The molecule has 1 aliphatic rings. The third-order valence-corrected chi connectivity index (χ3v) is 4.53. The summed E-state index contributed by atoms with van der Waals surface area (Å²) >= 11 is 7.88. The summed E-state index contributed by atoms with van der Waals surface area (Å²) in [5.41, 5.74) is 1.06. The molecule has 2 aromatic rings. The number of hydrogen-bond donors (Lipinski definition) is 1. The Morgan fingerprint density at radius 2 is 2.11 bits per heavy atom. The Morgan fingerprint density at radius 3 is 2.84 bits per heavy atom. The molecule has 0 bridgehead atoms. The fourth-order valence-corrected chi connectivity index (χ4v) is 3.56. The number of ether oxygens (including phenoxy) is 2. The van der Waals surface area contributed by atoms with E-state index in [4.69, 9.17) is 21.1 Å². The maximum Gasteiger partial charge on any atom is 0.166 e. The quantitative estimate of drug-likeness (QED) is 0.940. The molecule has 0 saturated heterocycles. The van der Waals surface area contributed by atoms with Crippen LogP contribution in [0.2, 0.25) is 5.02 Å². The normalized spacial score (nSPS) is 15.3. The highest BCUT2D eigenvalue weighted by Crippen LogP contribution is 2.41. The van der Waals surface area contributed by atoms with Crippen LogP contribution in [0.3, 0.4) is 0 Å². The van der Waals surface area contributed by atoms with E-state index in [1.54, 1.807) is 11.3 Å². The molecule has 19 heavy (non-hydrogen) atoms. The van der Waals surface area contributed by atoms with Gasteiger partial charge < -0.3 is 14.8 Å². The van der Waals surface area contributed by atoms with Crippen molar-refractivity contribution >= 4 is 22.9 Å². The molecule has 1 aromatic heterocycles. The minimum absolute atomic E-state index is 0.0177. The zero-order valence-electron chi connectivity index (χ0n) is 10.5. The van der Waals surface area contributed by atoms with E-state index < -0.39 is 0 Å². The maximum absolute atomic E-state index is 6.24. The molecular formula is C14H14ClNO2S. The van der Waals surface area contributed by atoms with E-state index in [1.807, 2.05) is 36.7 Å². The van der Waals surface area contributed by atoms with Gasteiger partial charge in [0.15, 0.2) is 11.5 Å². The van der Waals surface area contributed by atoms with Gasteiger partial charge in [-0.05, 0) is 24.6 Å². The second-order valence-corrected chi connectivity index (χ2v) is 5.58. The predicted molar refractivity (Wildman–Crippen MR) is 77.7 cm³/mol. The van der Waals surface area contributed by atoms with Gasteiger partial charge >= 0.3 is 0 Å². The first kappa shape index (κ1) is 12.8. The molecule has 1 atom stereocenters. The summed E-state index contributed by atoms with van der Waals surface area (Å²) in [5.74, 6) is 1.62. The van der Waals surface area contributed by atoms with Crippen molar-refractivity contribution in [1.29, 1.82) is 0 Å². The fourth-order valence-electron chi connectivity index (χ4n) is 2.26. The Hall–Kier alpha value is -1.23. The van der Waals surface area contributed by atoms with Crippen molar-refractivity contribution in [3.63, 3.8) is 0 Å². The fraction of sp³-hybridized carbons (Fsp3) is 0.286. The number of para-hydroxylation sites is 1. The van der Waals surface area contributed by atoms with Gasteiger partial charge in [0.2, 0.25) is 0 Å². The summed E-state index contributed by atoms with van der Waals surface area (Å²) in [6, 6.07) is 7.89. The third kappa shape index (κ3) is 2.31. The lowest BCUT2D eigenvalue weighted by Crippen LogP contribution is -2.21. The Morgan fingerprint density at radius 1 is 1.26 bits per heavy atom. The van der Waals surface area contributed by atoms with E-state index >= 15 is 0 Å². The van der Waals surface area contributed by atoms with Crippen LogP contribution in [0, 0.1) is 0 Å². The van der Waals surface area contributed by atoms with Crippen LogP contribution in [0.25, 0.3) is 0 Å². The molecule has 1 aromatic carbocycles. The van der Waals surface area contributed by atoms with E-state index in [1.165, 1.54) is 0 Å². The zero-order valence-corrected chi connectivity index (χ0v) is 12.1. The molecule has 5 heteroatoms. The van der Waals surface area contributed by atoms with Gasteiger partial charge in [-0.3, -0.25) is 0 Å². The predicted octanol–water partition coefficient (Wildman–Crippen LogP) is 3.48. The lowest BCUT2D eigenvalue weighted by atomic mass is 10.0. The van der Waals surface area contributed by atoms with Crippen LogP contribution in [-0.2, 0) is 0 Å². The molecule has 1 aliphatic heterocycles. The smallest absolute Gasteiger partial charge is 0.166 e. The van der Waals surface area contributed by atoms with Crippen molar-refractivity contribution in [2.75, 3.05) is 20.3 Å².